The van der Waals surface area contributed by atoms with E-state index in [-0.39, 0.29) is 11.0 Å². The predicted octanol–water partition coefficient (Wildman–Crippen LogP) is 6.01. The summed E-state index contributed by atoms with van der Waals surface area (Å²) in [4.78, 5) is 15.0. The van der Waals surface area contributed by atoms with E-state index in [1.54, 1.807) is 18.3 Å². The quantitative estimate of drug-likeness (QED) is 0.197. The van der Waals surface area contributed by atoms with E-state index in [0.29, 0.717) is 81.2 Å². The first-order chi connectivity index (χ1) is 21.3. The second-order valence-corrected chi connectivity index (χ2v) is 15.4. The van der Waals surface area contributed by atoms with E-state index in [9.17, 15) is 4.79 Å². The van der Waals surface area contributed by atoms with Crippen molar-refractivity contribution in [2.75, 3.05) is 66.4 Å². The molecule has 2 aliphatic heterocycles. The van der Waals surface area contributed by atoms with Crippen molar-refractivity contribution in [2.45, 2.75) is 103 Å². The van der Waals surface area contributed by atoms with Crippen molar-refractivity contribution >= 4 is 5.78 Å². The van der Waals surface area contributed by atoms with Crippen LogP contribution in [0.5, 0.6) is 0 Å². The van der Waals surface area contributed by atoms with Crippen LogP contribution >= 0.6 is 0 Å². The molecule has 9 atom stereocenters. The minimum atomic E-state index is -0.0462. The van der Waals surface area contributed by atoms with Crippen molar-refractivity contribution in [3.8, 4) is 0 Å². The molecule has 2 heterocycles. The van der Waals surface area contributed by atoms with Gasteiger partial charge in [-0.3, -0.25) is 9.69 Å². The van der Waals surface area contributed by atoms with E-state index in [1.807, 2.05) is 6.08 Å². The van der Waals surface area contributed by atoms with Crippen LogP contribution in [-0.2, 0) is 28.5 Å². The Bertz CT molecular complexity index is 1090. The number of likely N-dealkylation sites (tertiary alicyclic amines) is 1. The fourth-order valence-electron chi connectivity index (χ4n) is 10.6. The molecule has 0 aromatic rings. The molecule has 0 bridgehead atoms. The molecule has 0 radical (unpaired) electrons. The van der Waals surface area contributed by atoms with Crippen molar-refractivity contribution in [2.24, 2.45) is 35.0 Å². The lowest BCUT2D eigenvalue weighted by atomic mass is 9.56. The minimum Gasteiger partial charge on any atom is -0.382 e. The number of carbonyl (C=O) groups excluding carboxylic acids is 1. The van der Waals surface area contributed by atoms with Crippen LogP contribution in [0.3, 0.4) is 0 Å². The zero-order valence-corrected chi connectivity index (χ0v) is 28.2. The average Bonchev–Trinajstić information content (AvgIpc) is 3.46. The van der Waals surface area contributed by atoms with Gasteiger partial charge in [0.05, 0.1) is 58.0 Å². The lowest BCUT2D eigenvalue weighted by molar-refractivity contribution is -0.116. The molecule has 4 aliphatic carbocycles. The summed E-state index contributed by atoms with van der Waals surface area (Å²) < 4.78 is 29.4. The van der Waals surface area contributed by atoms with Gasteiger partial charge in [-0.1, -0.05) is 37.5 Å². The van der Waals surface area contributed by atoms with Crippen molar-refractivity contribution < 1.29 is 28.5 Å². The number of rotatable bonds is 12. The molecule has 6 rings (SSSR count). The van der Waals surface area contributed by atoms with Gasteiger partial charge >= 0.3 is 0 Å². The van der Waals surface area contributed by atoms with Crippen molar-refractivity contribution in [3.63, 3.8) is 0 Å². The largest absolute Gasteiger partial charge is 0.382 e. The highest BCUT2D eigenvalue weighted by molar-refractivity contribution is 5.91. The zero-order chi connectivity index (χ0) is 30.9. The van der Waals surface area contributed by atoms with Crippen LogP contribution in [0, 0.1) is 35.0 Å². The molecule has 0 amide bonds. The fraction of sp³-hybridized carbons (Fsp3) is 0.865. The van der Waals surface area contributed by atoms with Crippen LogP contribution in [0.2, 0.25) is 0 Å². The molecule has 0 unspecified atom stereocenters. The molecule has 2 saturated heterocycles. The molecule has 7 heteroatoms. The maximum absolute atomic E-state index is 12.3. The molecular formula is C37H59NO6. The molecule has 44 heavy (non-hydrogen) atoms. The van der Waals surface area contributed by atoms with Crippen LogP contribution in [0.4, 0.5) is 0 Å². The van der Waals surface area contributed by atoms with Gasteiger partial charge in [0, 0.05) is 38.6 Å². The summed E-state index contributed by atoms with van der Waals surface area (Å²) in [6, 6.07) is 0.472. The number of ketones is 1. The van der Waals surface area contributed by atoms with Gasteiger partial charge in [0.1, 0.15) is 0 Å². The maximum atomic E-state index is 12.3. The van der Waals surface area contributed by atoms with Gasteiger partial charge in [0.2, 0.25) is 0 Å². The van der Waals surface area contributed by atoms with E-state index in [1.165, 1.54) is 37.7 Å². The summed E-state index contributed by atoms with van der Waals surface area (Å²) in [6.45, 7) is 16.3. The predicted molar refractivity (Wildman–Crippen MR) is 172 cm³/mol. The summed E-state index contributed by atoms with van der Waals surface area (Å²) in [5.74, 6) is 3.68. The lowest BCUT2D eigenvalue weighted by Crippen LogP contribution is -2.52. The molecule has 248 valence electrons. The molecular weight excluding hydrogens is 554 g/mol. The Kier molecular flexibility index (Phi) is 10.4. The van der Waals surface area contributed by atoms with Gasteiger partial charge in [0.15, 0.2) is 5.78 Å². The normalized spacial score (nSPS) is 40.4. The molecule has 1 spiro atoms. The van der Waals surface area contributed by atoms with Crippen molar-refractivity contribution in [1.29, 1.82) is 0 Å². The summed E-state index contributed by atoms with van der Waals surface area (Å²) in [6.07, 6.45) is 12.5. The number of ether oxygens (including phenoxy) is 5. The number of hydrogen-bond donors (Lipinski definition) is 0. The fourth-order valence-corrected chi connectivity index (χ4v) is 10.6. The Morgan fingerprint density at radius 1 is 0.977 bits per heavy atom. The number of allylic oxidation sites excluding steroid dienone is 3. The van der Waals surface area contributed by atoms with Crippen LogP contribution in [0.25, 0.3) is 0 Å². The zero-order valence-electron chi connectivity index (χ0n) is 28.2. The molecule has 2 saturated carbocycles. The van der Waals surface area contributed by atoms with Crippen molar-refractivity contribution in [3.05, 3.63) is 22.8 Å². The van der Waals surface area contributed by atoms with Crippen LogP contribution < -0.4 is 0 Å². The van der Waals surface area contributed by atoms with Gasteiger partial charge in [-0.15, -0.1) is 0 Å². The Hall–Kier alpha value is -1.09. The Morgan fingerprint density at radius 3 is 2.45 bits per heavy atom. The minimum absolute atomic E-state index is 0.0462. The highest BCUT2D eigenvalue weighted by Gasteiger charge is 2.59. The van der Waals surface area contributed by atoms with Crippen LogP contribution in [0.1, 0.15) is 85.5 Å². The number of carbonyl (C=O) groups is 1. The van der Waals surface area contributed by atoms with Gasteiger partial charge in [-0.05, 0) is 93.5 Å². The summed E-state index contributed by atoms with van der Waals surface area (Å²) in [5, 5.41) is 0. The molecule has 7 nitrogen and oxygen atoms in total. The molecule has 0 aromatic heterocycles. The molecule has 0 N–H and O–H groups in total. The van der Waals surface area contributed by atoms with Crippen LogP contribution in [-0.4, -0.2) is 94.9 Å². The molecule has 4 fully saturated rings. The maximum Gasteiger partial charge on any atom is 0.155 e. The monoisotopic (exact) mass is 613 g/mol. The van der Waals surface area contributed by atoms with E-state index in [4.69, 9.17) is 23.7 Å². The topological polar surface area (TPSA) is 66.5 Å². The smallest absolute Gasteiger partial charge is 0.155 e. The van der Waals surface area contributed by atoms with Gasteiger partial charge in [0.25, 0.3) is 0 Å². The van der Waals surface area contributed by atoms with E-state index >= 15 is 0 Å². The highest BCUT2D eigenvalue weighted by atomic mass is 16.6. The number of hydrogen-bond acceptors (Lipinski definition) is 7. The summed E-state index contributed by atoms with van der Waals surface area (Å²) in [5.41, 5.74) is 5.04. The van der Waals surface area contributed by atoms with Crippen LogP contribution in [0.15, 0.2) is 22.8 Å². The third-order valence-electron chi connectivity index (χ3n) is 12.8. The third-order valence-corrected chi connectivity index (χ3v) is 12.8. The second-order valence-electron chi connectivity index (χ2n) is 15.4. The number of methoxy groups -OCH3 is 1. The Morgan fingerprint density at radius 2 is 1.70 bits per heavy atom. The lowest BCUT2D eigenvalue weighted by Gasteiger charge is -2.48. The molecule has 0 aromatic carbocycles. The Labute approximate surface area is 266 Å². The Balaban J connectivity index is 1.05. The third kappa shape index (κ3) is 6.40. The first kappa shape index (κ1) is 32.8. The second kappa shape index (κ2) is 13.9. The average molecular weight is 614 g/mol. The molecule has 6 aliphatic rings. The summed E-state index contributed by atoms with van der Waals surface area (Å²) >= 11 is 0. The highest BCUT2D eigenvalue weighted by Crippen LogP contribution is 2.64. The van der Waals surface area contributed by atoms with E-state index < -0.39 is 0 Å². The standard InChI is InChI=1S/C37H59NO6/c1-25-20-34-35(38(24-25)12-13-41-16-17-43-19-18-42-15-14-40-5)27(3)37(44-34)11-9-30-31-7-6-28-21-29(39)8-10-36(28,4)33(31)22-32(30)26(2)23-37/h21,25,27,30-31,33-35H,6-20,22-24H2,1-5H3/t25-,27+,30-,31-,33-,34+,35-,36-,37-/m0/s1. The SMILES string of the molecule is COCCOCCOCCOCCN1C[C@@H](C)C[C@H]2O[C@]3(CC[C@@H]4C(=C(C)C3)C[C@H]3[C@H]4CCC4=CC(=O)CC[C@@]43C)[C@H](C)[C@@H]21. The number of piperidine rings is 1. The van der Waals surface area contributed by atoms with Gasteiger partial charge < -0.3 is 23.7 Å². The van der Waals surface area contributed by atoms with Gasteiger partial charge in [-0.2, -0.15) is 0 Å². The van der Waals surface area contributed by atoms with E-state index in [0.717, 1.165) is 51.3 Å². The van der Waals surface area contributed by atoms with Gasteiger partial charge in [-0.25, -0.2) is 0 Å². The first-order valence-corrected chi connectivity index (χ1v) is 17.8. The number of nitrogens with zero attached hydrogens (tertiary/aromatic N) is 1. The van der Waals surface area contributed by atoms with Crippen molar-refractivity contribution in [1.82, 2.24) is 4.90 Å². The summed E-state index contributed by atoms with van der Waals surface area (Å²) in [7, 11) is 1.68. The number of fused-ring (bicyclic) bond motifs is 6. The van der Waals surface area contributed by atoms with E-state index in [2.05, 4.69) is 32.6 Å². The first-order valence-electron chi connectivity index (χ1n) is 17.8.